The van der Waals surface area contributed by atoms with E-state index in [2.05, 4.69) is 27.2 Å². The summed E-state index contributed by atoms with van der Waals surface area (Å²) >= 11 is 0. The molecule has 2 fully saturated rings. The highest BCUT2D eigenvalue weighted by Crippen LogP contribution is 2.48. The number of aromatic nitrogens is 2. The van der Waals surface area contributed by atoms with E-state index in [0.717, 1.165) is 25.8 Å². The number of hydrogen-bond acceptors (Lipinski definition) is 4. The van der Waals surface area contributed by atoms with E-state index in [4.69, 9.17) is 4.52 Å². The predicted molar refractivity (Wildman–Crippen MR) is 84.9 cm³/mol. The Balaban J connectivity index is 1.52. The number of aryl methyl sites for hydroxylation is 1. The Bertz CT molecular complexity index is 716. The van der Waals surface area contributed by atoms with Crippen molar-refractivity contribution in [1.29, 1.82) is 0 Å². The van der Waals surface area contributed by atoms with E-state index < -0.39 is 12.6 Å². The van der Waals surface area contributed by atoms with Gasteiger partial charge in [-0.05, 0) is 31.4 Å². The van der Waals surface area contributed by atoms with Crippen LogP contribution in [0.3, 0.4) is 0 Å². The van der Waals surface area contributed by atoms with Crippen molar-refractivity contribution in [2.75, 3.05) is 6.54 Å². The van der Waals surface area contributed by atoms with Crippen molar-refractivity contribution in [2.24, 2.45) is 0 Å². The first kappa shape index (κ1) is 16.6. The molecule has 0 amide bonds. The first-order valence-corrected chi connectivity index (χ1v) is 8.71. The average molecular weight is 351 g/mol. The molecule has 4 rings (SSSR count). The Hall–Kier alpha value is -1.89. The molecular weight excluding hydrogens is 331 g/mol. The van der Waals surface area contributed by atoms with Crippen LogP contribution in [0.2, 0.25) is 0 Å². The second-order valence-corrected chi connectivity index (χ2v) is 6.88. The van der Waals surface area contributed by atoms with E-state index >= 15 is 0 Å². The summed E-state index contributed by atoms with van der Waals surface area (Å²) in [6.45, 7) is 1.04. The molecule has 0 bridgehead atoms. The number of hydrogen-bond donors (Lipinski definition) is 0. The van der Waals surface area contributed by atoms with Crippen molar-refractivity contribution in [3.05, 3.63) is 47.6 Å². The highest BCUT2D eigenvalue weighted by molar-refractivity contribution is 5.24. The Morgan fingerprint density at radius 3 is 2.76 bits per heavy atom. The molecular formula is C18H20F3N3O. The second kappa shape index (κ2) is 6.44. The van der Waals surface area contributed by atoms with Crippen LogP contribution in [0.15, 0.2) is 34.9 Å². The van der Waals surface area contributed by atoms with Gasteiger partial charge in [0.2, 0.25) is 5.89 Å². The van der Waals surface area contributed by atoms with Crippen LogP contribution < -0.4 is 0 Å². The van der Waals surface area contributed by atoms with Gasteiger partial charge in [0.1, 0.15) is 0 Å². The van der Waals surface area contributed by atoms with Gasteiger partial charge < -0.3 is 4.52 Å². The molecule has 0 radical (unpaired) electrons. The van der Waals surface area contributed by atoms with Crippen molar-refractivity contribution in [3.8, 4) is 0 Å². The lowest BCUT2D eigenvalue weighted by Gasteiger charge is -2.24. The molecule has 1 aromatic carbocycles. The van der Waals surface area contributed by atoms with Gasteiger partial charge >= 0.3 is 6.18 Å². The Labute approximate surface area is 144 Å². The molecule has 134 valence electrons. The number of alkyl halides is 3. The Morgan fingerprint density at radius 1 is 1.20 bits per heavy atom. The molecule has 0 saturated carbocycles. The minimum Gasteiger partial charge on any atom is -0.339 e. The zero-order valence-electron chi connectivity index (χ0n) is 13.7. The maximum atomic E-state index is 12.4. The van der Waals surface area contributed by atoms with Crippen LogP contribution in [0.1, 0.15) is 54.9 Å². The van der Waals surface area contributed by atoms with Crippen LogP contribution in [-0.2, 0) is 6.42 Å². The molecule has 0 aliphatic carbocycles. The highest BCUT2D eigenvalue weighted by Gasteiger charge is 2.46. The van der Waals surface area contributed by atoms with Crippen LogP contribution in [-0.4, -0.2) is 33.8 Å². The van der Waals surface area contributed by atoms with Crippen LogP contribution in [0.4, 0.5) is 13.2 Å². The third-order valence-electron chi connectivity index (χ3n) is 5.31. The van der Waals surface area contributed by atoms with Crippen molar-refractivity contribution >= 4 is 0 Å². The number of halogens is 3. The Morgan fingerprint density at radius 2 is 2.00 bits per heavy atom. The predicted octanol–water partition coefficient (Wildman–Crippen LogP) is 4.26. The van der Waals surface area contributed by atoms with Gasteiger partial charge in [-0.25, -0.2) is 0 Å². The van der Waals surface area contributed by atoms with Crippen LogP contribution in [0, 0.1) is 0 Å². The van der Waals surface area contributed by atoms with Crippen molar-refractivity contribution in [2.45, 2.75) is 56.3 Å². The third-order valence-corrected chi connectivity index (χ3v) is 5.31. The smallest absolute Gasteiger partial charge is 0.339 e. The van der Waals surface area contributed by atoms with E-state index in [1.807, 2.05) is 18.2 Å². The Kier molecular flexibility index (Phi) is 4.27. The van der Waals surface area contributed by atoms with Gasteiger partial charge in [0.05, 0.1) is 6.42 Å². The molecule has 2 saturated heterocycles. The number of fused-ring (bicyclic) bond motifs is 1. The lowest BCUT2D eigenvalue weighted by molar-refractivity contribution is -0.134. The van der Waals surface area contributed by atoms with E-state index in [0.29, 0.717) is 17.9 Å². The molecule has 3 heterocycles. The van der Waals surface area contributed by atoms with E-state index in [1.165, 1.54) is 5.56 Å². The van der Waals surface area contributed by atoms with Crippen molar-refractivity contribution in [1.82, 2.24) is 15.0 Å². The summed E-state index contributed by atoms with van der Waals surface area (Å²) < 4.78 is 42.2. The number of nitrogens with zero attached hydrogens (tertiary/aromatic N) is 3. The van der Waals surface area contributed by atoms with Crippen LogP contribution in [0.25, 0.3) is 0 Å². The summed E-state index contributed by atoms with van der Waals surface area (Å²) in [4.78, 5) is 6.77. The van der Waals surface area contributed by atoms with Gasteiger partial charge in [-0.1, -0.05) is 35.5 Å². The van der Waals surface area contributed by atoms with Gasteiger partial charge in [0.25, 0.3) is 0 Å². The number of rotatable bonds is 4. The maximum absolute atomic E-state index is 12.4. The fourth-order valence-corrected chi connectivity index (χ4v) is 4.22. The van der Waals surface area contributed by atoms with Gasteiger partial charge in [-0.15, -0.1) is 0 Å². The van der Waals surface area contributed by atoms with E-state index in [-0.39, 0.29) is 18.2 Å². The largest absolute Gasteiger partial charge is 0.389 e. The van der Waals surface area contributed by atoms with Crippen LogP contribution >= 0.6 is 0 Å². The quantitative estimate of drug-likeness (QED) is 0.825. The lowest BCUT2D eigenvalue weighted by Crippen LogP contribution is -2.27. The average Bonchev–Trinajstić information content (AvgIpc) is 3.29. The van der Waals surface area contributed by atoms with Crippen molar-refractivity contribution < 1.29 is 17.7 Å². The minimum atomic E-state index is -4.21. The molecule has 0 N–H and O–H groups in total. The SMILES string of the molecule is FC(F)(F)CCc1nc([C@@H]2C[C@H](c3ccccc3)N3CCC[C@@H]23)no1. The zero-order valence-corrected chi connectivity index (χ0v) is 13.7. The fraction of sp³-hybridized carbons (Fsp3) is 0.556. The first-order valence-electron chi connectivity index (χ1n) is 8.71. The lowest BCUT2D eigenvalue weighted by atomic mass is 9.94. The summed E-state index contributed by atoms with van der Waals surface area (Å²) in [5.41, 5.74) is 1.28. The fourth-order valence-electron chi connectivity index (χ4n) is 4.22. The van der Waals surface area contributed by atoms with Crippen molar-refractivity contribution in [3.63, 3.8) is 0 Å². The van der Waals surface area contributed by atoms with E-state index in [1.54, 1.807) is 0 Å². The maximum Gasteiger partial charge on any atom is 0.389 e. The molecule has 0 unspecified atom stereocenters. The molecule has 1 aromatic heterocycles. The standard InChI is InChI=1S/C18H20F3N3O/c19-18(20,21)9-8-16-22-17(23-25-16)13-11-15(12-5-2-1-3-6-12)24-10-4-7-14(13)24/h1-3,5-6,13-15H,4,7-11H2/t13-,14+,15-/m1/s1. The summed E-state index contributed by atoms with van der Waals surface area (Å²) in [6, 6.07) is 11.0. The number of benzene rings is 1. The third kappa shape index (κ3) is 3.42. The van der Waals surface area contributed by atoms with Gasteiger partial charge in [-0.3, -0.25) is 4.90 Å². The topological polar surface area (TPSA) is 42.2 Å². The highest BCUT2D eigenvalue weighted by atomic mass is 19.4. The van der Waals surface area contributed by atoms with Gasteiger partial charge in [-0.2, -0.15) is 18.2 Å². The molecule has 7 heteroatoms. The molecule has 3 atom stereocenters. The normalized spacial score (nSPS) is 26.9. The molecule has 0 spiro atoms. The summed E-state index contributed by atoms with van der Waals surface area (Å²) in [6.07, 6.45) is -2.31. The molecule has 25 heavy (non-hydrogen) atoms. The molecule has 2 aliphatic rings. The molecule has 4 nitrogen and oxygen atoms in total. The zero-order chi connectivity index (χ0) is 17.4. The van der Waals surface area contributed by atoms with Gasteiger partial charge in [0.15, 0.2) is 5.82 Å². The minimum absolute atomic E-state index is 0.0834. The molecule has 2 aliphatic heterocycles. The van der Waals surface area contributed by atoms with Crippen LogP contribution in [0.5, 0.6) is 0 Å². The second-order valence-electron chi connectivity index (χ2n) is 6.88. The monoisotopic (exact) mass is 351 g/mol. The summed E-state index contributed by atoms with van der Waals surface area (Å²) in [5.74, 6) is 0.767. The molecule has 2 aromatic rings. The summed E-state index contributed by atoms with van der Waals surface area (Å²) in [5, 5.41) is 4.01. The van der Waals surface area contributed by atoms with Gasteiger partial charge in [0, 0.05) is 24.4 Å². The first-order chi connectivity index (χ1) is 12.0. The summed E-state index contributed by atoms with van der Waals surface area (Å²) in [7, 11) is 0. The van der Waals surface area contributed by atoms with E-state index in [9.17, 15) is 13.2 Å².